The number of thiazole rings is 1. The quantitative estimate of drug-likeness (QED) is 0.823. The molecule has 1 aliphatic heterocycles. The molecule has 1 N–H and O–H groups in total. The lowest BCUT2D eigenvalue weighted by atomic mass is 9.47. The maximum atomic E-state index is 13.6. The molecule has 2 unspecified atom stereocenters. The number of amides is 1. The Balaban J connectivity index is 1.34. The highest BCUT2D eigenvalue weighted by atomic mass is 32.1. The van der Waals surface area contributed by atoms with Gasteiger partial charge < -0.3 is 14.4 Å². The first kappa shape index (κ1) is 18.8. The molecule has 1 saturated heterocycles. The number of carbonyl (C=O) groups is 1. The van der Waals surface area contributed by atoms with Crippen molar-refractivity contribution in [2.45, 2.75) is 82.8 Å². The Labute approximate surface area is 176 Å². The van der Waals surface area contributed by atoms with E-state index in [4.69, 9.17) is 9.73 Å². The molecule has 0 spiro atoms. The van der Waals surface area contributed by atoms with Crippen LogP contribution in [0.2, 0.25) is 0 Å². The average molecular weight is 417 g/mol. The highest BCUT2D eigenvalue weighted by molar-refractivity contribution is 7.09. The van der Waals surface area contributed by atoms with Gasteiger partial charge in [0.15, 0.2) is 4.80 Å². The third kappa shape index (κ3) is 3.17. The predicted molar refractivity (Wildman–Crippen MR) is 111 cm³/mol. The molecule has 5 fully saturated rings. The smallest absolute Gasteiger partial charge is 0.254 e. The maximum Gasteiger partial charge on any atom is 0.254 e. The molecule has 6 aliphatic rings. The van der Waals surface area contributed by atoms with Gasteiger partial charge >= 0.3 is 0 Å². The first-order chi connectivity index (χ1) is 14.0. The summed E-state index contributed by atoms with van der Waals surface area (Å²) in [4.78, 5) is 20.7. The lowest BCUT2D eigenvalue weighted by Gasteiger charge is -2.58. The zero-order valence-electron chi connectivity index (χ0n) is 17.2. The van der Waals surface area contributed by atoms with E-state index in [9.17, 15) is 9.90 Å². The van der Waals surface area contributed by atoms with Crippen LogP contribution in [0.3, 0.4) is 0 Å². The second-order valence-corrected chi connectivity index (χ2v) is 11.7. The van der Waals surface area contributed by atoms with Crippen molar-refractivity contribution < 1.29 is 14.6 Å². The minimum absolute atomic E-state index is 0.0608. The zero-order valence-corrected chi connectivity index (χ0v) is 18.0. The van der Waals surface area contributed by atoms with E-state index in [1.165, 1.54) is 23.4 Å². The van der Waals surface area contributed by atoms with E-state index in [0.717, 1.165) is 75.9 Å². The van der Waals surface area contributed by atoms with Gasteiger partial charge in [-0.2, -0.15) is 4.99 Å². The van der Waals surface area contributed by atoms with Crippen molar-refractivity contribution in [3.8, 4) is 0 Å². The molecule has 2 heterocycles. The van der Waals surface area contributed by atoms with Gasteiger partial charge in [-0.3, -0.25) is 4.79 Å². The molecular formula is C23H32N2O3S. The molecule has 2 atom stereocenters. The monoisotopic (exact) mass is 416 g/mol. The molecule has 6 heteroatoms. The Bertz CT molecular complexity index is 880. The first-order valence-corrected chi connectivity index (χ1v) is 12.4. The lowest BCUT2D eigenvalue weighted by molar-refractivity contribution is -0.175. The third-order valence-electron chi connectivity index (χ3n) is 8.37. The van der Waals surface area contributed by atoms with Crippen molar-refractivity contribution in [2.75, 3.05) is 13.2 Å². The summed E-state index contributed by atoms with van der Waals surface area (Å²) in [5, 5.41) is 11.0. The van der Waals surface area contributed by atoms with Crippen LogP contribution in [-0.2, 0) is 28.9 Å². The molecule has 0 aromatic carbocycles. The number of aryl methyl sites for hydroxylation is 1. The molecule has 0 radical (unpaired) electrons. The first-order valence-electron chi connectivity index (χ1n) is 11.6. The molecule has 29 heavy (non-hydrogen) atoms. The van der Waals surface area contributed by atoms with E-state index in [2.05, 4.69) is 4.57 Å². The standard InChI is InChI=1S/C23H32N2O3S/c26-20(22-9-16-8-17(10-22)12-23(27,11-16)14-22)24-21-25(13-15-4-6-28-7-5-15)18-2-1-3-19(18)29-21/h15-17,27H,1-14H2. The van der Waals surface area contributed by atoms with E-state index >= 15 is 0 Å². The van der Waals surface area contributed by atoms with Crippen molar-refractivity contribution in [3.05, 3.63) is 15.4 Å². The van der Waals surface area contributed by atoms with Crippen LogP contribution in [0.25, 0.3) is 0 Å². The number of rotatable bonds is 3. The van der Waals surface area contributed by atoms with Crippen LogP contribution in [-0.4, -0.2) is 34.4 Å². The van der Waals surface area contributed by atoms with Crippen LogP contribution in [0.5, 0.6) is 0 Å². The number of carbonyl (C=O) groups excluding carboxylic acids is 1. The molecule has 1 amide bonds. The number of nitrogens with zero attached hydrogens (tertiary/aromatic N) is 2. The Morgan fingerprint density at radius 1 is 1.17 bits per heavy atom. The number of fused-ring (bicyclic) bond motifs is 1. The Kier molecular flexibility index (Phi) is 4.37. The fraction of sp³-hybridized carbons (Fsp3) is 0.826. The summed E-state index contributed by atoms with van der Waals surface area (Å²) in [6.45, 7) is 2.68. The summed E-state index contributed by atoms with van der Waals surface area (Å²) in [5.41, 5.74) is 0.422. The zero-order chi connectivity index (χ0) is 19.6. The summed E-state index contributed by atoms with van der Waals surface area (Å²) in [5.74, 6) is 1.72. The topological polar surface area (TPSA) is 63.8 Å². The number of aromatic nitrogens is 1. The van der Waals surface area contributed by atoms with E-state index in [1.54, 1.807) is 11.3 Å². The minimum atomic E-state index is -0.607. The highest BCUT2D eigenvalue weighted by Gasteiger charge is 2.60. The summed E-state index contributed by atoms with van der Waals surface area (Å²) >= 11 is 1.75. The van der Waals surface area contributed by atoms with Gasteiger partial charge in [-0.25, -0.2) is 0 Å². The highest BCUT2D eigenvalue weighted by Crippen LogP contribution is 2.62. The van der Waals surface area contributed by atoms with Gasteiger partial charge in [0.05, 0.1) is 11.0 Å². The van der Waals surface area contributed by atoms with Gasteiger partial charge in [-0.15, -0.1) is 11.3 Å². The van der Waals surface area contributed by atoms with E-state index in [1.807, 2.05) is 0 Å². The summed E-state index contributed by atoms with van der Waals surface area (Å²) in [6.07, 6.45) is 11.2. The van der Waals surface area contributed by atoms with Crippen LogP contribution < -0.4 is 4.80 Å². The van der Waals surface area contributed by atoms with Crippen molar-refractivity contribution in [2.24, 2.45) is 28.2 Å². The third-order valence-corrected chi connectivity index (χ3v) is 9.55. The van der Waals surface area contributed by atoms with Crippen LogP contribution in [0.1, 0.15) is 68.4 Å². The van der Waals surface area contributed by atoms with Crippen molar-refractivity contribution >= 4 is 17.2 Å². The van der Waals surface area contributed by atoms with Gasteiger partial charge in [0.2, 0.25) is 0 Å². The van der Waals surface area contributed by atoms with Crippen LogP contribution in [0.15, 0.2) is 4.99 Å². The minimum Gasteiger partial charge on any atom is -0.390 e. The Hall–Kier alpha value is -0.980. The van der Waals surface area contributed by atoms with Crippen LogP contribution in [0.4, 0.5) is 0 Å². The van der Waals surface area contributed by atoms with E-state index in [-0.39, 0.29) is 5.91 Å². The second-order valence-electron chi connectivity index (χ2n) is 10.7. The molecule has 4 saturated carbocycles. The summed E-state index contributed by atoms with van der Waals surface area (Å²) in [6, 6.07) is 0. The fourth-order valence-electron chi connectivity index (χ4n) is 7.50. The average Bonchev–Trinajstić information content (AvgIpc) is 3.23. The fourth-order valence-corrected chi connectivity index (χ4v) is 8.73. The molecule has 5 nitrogen and oxygen atoms in total. The van der Waals surface area contributed by atoms with E-state index in [0.29, 0.717) is 24.2 Å². The SMILES string of the molecule is O=C(N=c1sc2c(n1CC1CCOCC1)CCC2)C12CC3CC(CC(O)(C3)C1)C2. The molecule has 4 bridgehead atoms. The molecular weight excluding hydrogens is 384 g/mol. The summed E-state index contributed by atoms with van der Waals surface area (Å²) < 4.78 is 7.93. The second kappa shape index (κ2) is 6.76. The van der Waals surface area contributed by atoms with Crippen molar-refractivity contribution in [1.29, 1.82) is 0 Å². The van der Waals surface area contributed by atoms with Crippen molar-refractivity contribution in [1.82, 2.24) is 4.57 Å². The van der Waals surface area contributed by atoms with Gasteiger partial charge in [0, 0.05) is 30.3 Å². The molecule has 158 valence electrons. The molecule has 7 rings (SSSR count). The lowest BCUT2D eigenvalue weighted by Crippen LogP contribution is -2.58. The van der Waals surface area contributed by atoms with Crippen LogP contribution in [0, 0.1) is 23.2 Å². The molecule has 1 aromatic rings. The normalized spacial score (nSPS) is 39.3. The van der Waals surface area contributed by atoms with Gasteiger partial charge in [0.25, 0.3) is 5.91 Å². The maximum absolute atomic E-state index is 13.6. The van der Waals surface area contributed by atoms with Crippen LogP contribution >= 0.6 is 11.3 Å². The Morgan fingerprint density at radius 3 is 2.66 bits per heavy atom. The predicted octanol–water partition coefficient (Wildman–Crippen LogP) is 3.22. The van der Waals surface area contributed by atoms with E-state index < -0.39 is 11.0 Å². The molecule has 5 aliphatic carbocycles. The largest absolute Gasteiger partial charge is 0.390 e. The number of aliphatic hydroxyl groups is 1. The van der Waals surface area contributed by atoms with Gasteiger partial charge in [0.1, 0.15) is 0 Å². The number of hydrogen-bond donors (Lipinski definition) is 1. The molecule has 1 aromatic heterocycles. The Morgan fingerprint density at radius 2 is 1.93 bits per heavy atom. The van der Waals surface area contributed by atoms with Crippen molar-refractivity contribution in [3.63, 3.8) is 0 Å². The van der Waals surface area contributed by atoms with Gasteiger partial charge in [-0.1, -0.05) is 0 Å². The van der Waals surface area contributed by atoms with Gasteiger partial charge in [-0.05, 0) is 88.4 Å². The summed E-state index contributed by atoms with van der Waals surface area (Å²) in [7, 11) is 0. The number of hydrogen-bond acceptors (Lipinski definition) is 4. The number of ether oxygens (including phenoxy) is 1.